The molecule has 0 unspecified atom stereocenters. The molecule has 1 atom stereocenters. The predicted molar refractivity (Wildman–Crippen MR) is 188 cm³/mol. The Balaban J connectivity index is 0.964. The number of rotatable bonds is 14. The van der Waals surface area contributed by atoms with Crippen molar-refractivity contribution in [3.8, 4) is 0 Å². The zero-order chi connectivity index (χ0) is 38.3. The van der Waals surface area contributed by atoms with Crippen LogP contribution in [0.5, 0.6) is 0 Å². The second-order valence-electron chi connectivity index (χ2n) is 13.4. The van der Waals surface area contributed by atoms with Gasteiger partial charge >= 0.3 is 12.4 Å². The molecule has 290 valence electrons. The number of fused-ring (bicyclic) bond motifs is 1. The smallest absolute Gasteiger partial charge is 0.366 e. The number of carbonyl (C=O) groups excluding carboxylic acids is 2. The van der Waals surface area contributed by atoms with E-state index in [1.165, 1.54) is 30.9 Å². The fourth-order valence-electron chi connectivity index (χ4n) is 6.85. The van der Waals surface area contributed by atoms with Crippen molar-refractivity contribution in [1.29, 1.82) is 0 Å². The Morgan fingerprint density at radius 1 is 0.852 bits per heavy atom. The van der Waals surface area contributed by atoms with Crippen molar-refractivity contribution in [1.82, 2.24) is 40.5 Å². The standard InChI is InChI=1S/C35H41F6N11O2/c36-34(37,38)24-8-6-23(7-9-24)10-13-44-32(54)25-4-2-16-52(25)27-19-26(49-33(50-27)35(39,40)41)51-17-11-22(12-18-51)3-1-5-28(53)42-14-15-43-30-29-31(46-20-45-29)48-21-47-30/h6-9,19-22,25H,1-5,10-18H2,(H,42,53)(H,44,54)(H2,43,45,46,47,48)/t25-/m0/s1. The number of hydrogen-bond acceptors (Lipinski definition) is 10. The van der Waals surface area contributed by atoms with E-state index >= 15 is 0 Å². The van der Waals surface area contributed by atoms with Gasteiger partial charge in [-0.15, -0.1) is 0 Å². The predicted octanol–water partition coefficient (Wildman–Crippen LogP) is 5.12. The van der Waals surface area contributed by atoms with Gasteiger partial charge in [-0.25, -0.2) is 24.9 Å². The van der Waals surface area contributed by atoms with E-state index in [0.717, 1.165) is 31.4 Å². The molecular weight excluding hydrogens is 720 g/mol. The molecule has 19 heteroatoms. The zero-order valence-corrected chi connectivity index (χ0v) is 29.3. The van der Waals surface area contributed by atoms with Gasteiger partial charge in [0.2, 0.25) is 17.6 Å². The van der Waals surface area contributed by atoms with Crippen molar-refractivity contribution in [2.75, 3.05) is 54.4 Å². The topological polar surface area (TPSA) is 157 Å². The first-order valence-corrected chi connectivity index (χ1v) is 17.9. The molecule has 0 aliphatic carbocycles. The van der Waals surface area contributed by atoms with Crippen molar-refractivity contribution < 1.29 is 35.9 Å². The van der Waals surface area contributed by atoms with Crippen LogP contribution in [0.4, 0.5) is 43.8 Å². The molecule has 13 nitrogen and oxygen atoms in total. The monoisotopic (exact) mass is 761 g/mol. The molecule has 0 bridgehead atoms. The van der Waals surface area contributed by atoms with E-state index in [1.807, 2.05) is 0 Å². The molecule has 6 rings (SSSR count). The van der Waals surface area contributed by atoms with Gasteiger partial charge in [0.25, 0.3) is 0 Å². The number of nitrogens with one attached hydrogen (secondary N) is 4. The van der Waals surface area contributed by atoms with Crippen molar-refractivity contribution >= 4 is 40.4 Å². The van der Waals surface area contributed by atoms with Crippen LogP contribution in [-0.4, -0.2) is 87.0 Å². The quantitative estimate of drug-likeness (QED) is 0.101. The summed E-state index contributed by atoms with van der Waals surface area (Å²) in [6.07, 6.45) is -1.74. The van der Waals surface area contributed by atoms with Gasteiger partial charge in [-0.05, 0) is 68.6 Å². The van der Waals surface area contributed by atoms with Crippen LogP contribution < -0.4 is 25.8 Å². The summed E-state index contributed by atoms with van der Waals surface area (Å²) in [5.74, 6) is -0.696. The largest absolute Gasteiger partial charge is 0.451 e. The number of carbonyl (C=O) groups is 2. The normalized spacial score (nSPS) is 16.9. The minimum absolute atomic E-state index is 0.0162. The van der Waals surface area contributed by atoms with Crippen LogP contribution in [-0.2, 0) is 28.4 Å². The molecule has 3 aromatic heterocycles. The summed E-state index contributed by atoms with van der Waals surface area (Å²) in [7, 11) is 0. The molecule has 4 aromatic rings. The maximum atomic E-state index is 14.0. The Morgan fingerprint density at radius 3 is 2.35 bits per heavy atom. The summed E-state index contributed by atoms with van der Waals surface area (Å²) in [4.78, 5) is 52.0. The second-order valence-corrected chi connectivity index (χ2v) is 13.4. The second kappa shape index (κ2) is 16.8. The maximum Gasteiger partial charge on any atom is 0.451 e. The third-order valence-electron chi connectivity index (χ3n) is 9.71. The summed E-state index contributed by atoms with van der Waals surface area (Å²) in [6.45, 7) is 2.31. The van der Waals surface area contributed by atoms with Crippen molar-refractivity contribution in [3.63, 3.8) is 0 Å². The van der Waals surface area contributed by atoms with Crippen LogP contribution in [0, 0.1) is 5.92 Å². The van der Waals surface area contributed by atoms with E-state index in [0.29, 0.717) is 86.9 Å². The minimum atomic E-state index is -4.80. The van der Waals surface area contributed by atoms with E-state index in [9.17, 15) is 35.9 Å². The summed E-state index contributed by atoms with van der Waals surface area (Å²) < 4.78 is 80.6. The van der Waals surface area contributed by atoms with Gasteiger partial charge in [-0.3, -0.25) is 9.59 Å². The molecule has 54 heavy (non-hydrogen) atoms. The summed E-state index contributed by atoms with van der Waals surface area (Å²) in [6, 6.07) is 5.41. The Bertz CT molecular complexity index is 1880. The van der Waals surface area contributed by atoms with Gasteiger partial charge in [0, 0.05) is 51.8 Å². The number of H-pyrrole nitrogens is 1. The first-order chi connectivity index (χ1) is 25.8. The number of anilines is 3. The van der Waals surface area contributed by atoms with Crippen LogP contribution in [0.25, 0.3) is 11.2 Å². The molecule has 1 aromatic carbocycles. The molecule has 5 heterocycles. The highest BCUT2D eigenvalue weighted by Gasteiger charge is 2.39. The molecule has 0 spiro atoms. The highest BCUT2D eigenvalue weighted by atomic mass is 19.4. The minimum Gasteiger partial charge on any atom is -0.366 e. The first-order valence-electron chi connectivity index (χ1n) is 17.9. The lowest BCUT2D eigenvalue weighted by atomic mass is 9.91. The number of hydrogen-bond donors (Lipinski definition) is 4. The van der Waals surface area contributed by atoms with Gasteiger partial charge in [0.15, 0.2) is 11.5 Å². The lowest BCUT2D eigenvalue weighted by Gasteiger charge is -2.34. The van der Waals surface area contributed by atoms with Crippen molar-refractivity contribution in [2.45, 2.75) is 69.8 Å². The molecule has 2 amide bonds. The number of piperidine rings is 1. The van der Waals surface area contributed by atoms with Gasteiger partial charge in [-0.2, -0.15) is 26.3 Å². The third kappa shape index (κ3) is 9.84. The Labute approximate surface area is 306 Å². The molecule has 2 saturated heterocycles. The van der Waals surface area contributed by atoms with Crippen LogP contribution in [0.2, 0.25) is 0 Å². The van der Waals surface area contributed by atoms with Crippen molar-refractivity contribution in [2.24, 2.45) is 5.92 Å². The highest BCUT2D eigenvalue weighted by molar-refractivity contribution is 5.85. The number of aromatic nitrogens is 6. The van der Waals surface area contributed by atoms with E-state index in [2.05, 4.69) is 45.9 Å². The van der Waals surface area contributed by atoms with Crippen molar-refractivity contribution in [3.05, 3.63) is 59.9 Å². The number of aromatic amines is 1. The molecule has 2 fully saturated rings. The van der Waals surface area contributed by atoms with Crippen LogP contribution in [0.15, 0.2) is 43.0 Å². The highest BCUT2D eigenvalue weighted by Crippen LogP contribution is 2.35. The maximum absolute atomic E-state index is 14.0. The SMILES string of the molecule is O=C(CCCC1CCN(c2cc(N3CCC[C@H]3C(=O)NCCc3ccc(C(F)(F)F)cc3)nc(C(F)(F)F)n2)CC1)NCCNc1ncnc2[nH]cnc12. The van der Waals surface area contributed by atoms with E-state index in [4.69, 9.17) is 0 Å². The van der Waals surface area contributed by atoms with Gasteiger partial charge < -0.3 is 30.7 Å². The first kappa shape index (κ1) is 38.5. The van der Waals surface area contributed by atoms with Gasteiger partial charge in [0.05, 0.1) is 11.9 Å². The number of halogens is 6. The number of benzene rings is 1. The molecule has 4 N–H and O–H groups in total. The van der Waals surface area contributed by atoms with Gasteiger partial charge in [0.1, 0.15) is 29.5 Å². The molecular formula is C35H41F6N11O2. The van der Waals surface area contributed by atoms with E-state index in [-0.39, 0.29) is 30.5 Å². The number of nitrogens with zero attached hydrogens (tertiary/aromatic N) is 7. The Kier molecular flexibility index (Phi) is 12.0. The average Bonchev–Trinajstić information content (AvgIpc) is 3.84. The molecule has 2 aliphatic heterocycles. The number of imidazole rings is 1. The molecule has 0 saturated carbocycles. The van der Waals surface area contributed by atoms with E-state index in [1.54, 1.807) is 9.80 Å². The van der Waals surface area contributed by atoms with E-state index < -0.39 is 35.7 Å². The van der Waals surface area contributed by atoms with Crippen LogP contribution in [0.3, 0.4) is 0 Å². The fraction of sp³-hybridized carbons (Fsp3) is 0.514. The van der Waals surface area contributed by atoms with Gasteiger partial charge in [-0.1, -0.05) is 12.1 Å². The zero-order valence-electron chi connectivity index (χ0n) is 29.3. The lowest BCUT2D eigenvalue weighted by molar-refractivity contribution is -0.144. The summed E-state index contributed by atoms with van der Waals surface area (Å²) in [5.41, 5.74) is 1.07. The molecule has 0 radical (unpaired) electrons. The fourth-order valence-corrected chi connectivity index (χ4v) is 6.85. The Morgan fingerprint density at radius 2 is 1.61 bits per heavy atom. The van der Waals surface area contributed by atoms with Crippen LogP contribution in [0.1, 0.15) is 61.9 Å². The molecule has 2 aliphatic rings. The van der Waals surface area contributed by atoms with Crippen LogP contribution >= 0.6 is 0 Å². The number of alkyl halides is 6. The average molecular weight is 762 g/mol. The summed E-state index contributed by atoms with van der Waals surface area (Å²) in [5, 5.41) is 8.81. The summed E-state index contributed by atoms with van der Waals surface area (Å²) >= 11 is 0. The third-order valence-corrected chi connectivity index (χ3v) is 9.71. The number of amides is 2. The lowest BCUT2D eigenvalue weighted by Crippen LogP contribution is -2.44. The Hall–Kier alpha value is -5.23.